The summed E-state index contributed by atoms with van der Waals surface area (Å²) in [6.45, 7) is 3.93. The smallest absolute Gasteiger partial charge is 0.295 e. The third-order valence-corrected chi connectivity index (χ3v) is 6.05. The van der Waals surface area contributed by atoms with Crippen LogP contribution in [-0.4, -0.2) is 5.91 Å². The predicted octanol–water partition coefficient (Wildman–Crippen LogP) is 5.92. The van der Waals surface area contributed by atoms with Gasteiger partial charge in [-0.15, -0.1) is 0 Å². The molecule has 0 radical (unpaired) electrons. The maximum absolute atomic E-state index is 13.6. The normalized spacial score (nSPS) is 15.6. The highest BCUT2D eigenvalue weighted by Crippen LogP contribution is 2.41. The van der Waals surface area contributed by atoms with Crippen LogP contribution in [0, 0.1) is 13.8 Å². The average molecular weight is 460 g/mol. The lowest BCUT2D eigenvalue weighted by Crippen LogP contribution is -2.29. The van der Waals surface area contributed by atoms with Gasteiger partial charge in [0.1, 0.15) is 5.58 Å². The number of halogens is 1. The first kappa shape index (κ1) is 18.8. The molecule has 1 aromatic heterocycles. The van der Waals surface area contributed by atoms with Crippen LogP contribution in [-0.2, 0) is 0 Å². The first-order chi connectivity index (χ1) is 14.4. The number of nitrogens with zero attached hydrogens (tertiary/aromatic N) is 1. The summed E-state index contributed by atoms with van der Waals surface area (Å²) in [5.74, 6) is -0.189. The molecule has 1 aliphatic rings. The molecule has 1 unspecified atom stereocenters. The first-order valence-electron chi connectivity index (χ1n) is 9.67. The Morgan fingerprint density at radius 2 is 1.53 bits per heavy atom. The molecule has 3 aromatic carbocycles. The van der Waals surface area contributed by atoms with E-state index in [0.717, 1.165) is 26.9 Å². The van der Waals surface area contributed by atoms with Gasteiger partial charge in [-0.2, -0.15) is 0 Å². The Balaban J connectivity index is 1.81. The predicted molar refractivity (Wildman–Crippen MR) is 121 cm³/mol. The number of carbonyl (C=O) groups is 1. The monoisotopic (exact) mass is 459 g/mol. The van der Waals surface area contributed by atoms with Crippen molar-refractivity contribution >= 4 is 38.5 Å². The summed E-state index contributed by atoms with van der Waals surface area (Å²) < 4.78 is 6.93. The SMILES string of the molecule is Cc1ccc(N2C(=O)c3oc4ccc(C)cc4c(=O)c3C2c2ccc(Br)cc2)cc1. The minimum absolute atomic E-state index is 0.116. The molecule has 0 bridgehead atoms. The summed E-state index contributed by atoms with van der Waals surface area (Å²) in [6, 6.07) is 20.3. The summed E-state index contributed by atoms with van der Waals surface area (Å²) in [7, 11) is 0. The fraction of sp³-hybridized carbons (Fsp3) is 0.120. The minimum Gasteiger partial charge on any atom is -0.450 e. The fourth-order valence-corrected chi connectivity index (χ4v) is 4.28. The zero-order chi connectivity index (χ0) is 21.0. The molecule has 1 amide bonds. The first-order valence-corrected chi connectivity index (χ1v) is 10.5. The van der Waals surface area contributed by atoms with E-state index in [1.807, 2.05) is 74.5 Å². The van der Waals surface area contributed by atoms with Gasteiger partial charge in [0.2, 0.25) is 5.76 Å². The number of hydrogen-bond acceptors (Lipinski definition) is 3. The molecule has 5 heteroatoms. The van der Waals surface area contributed by atoms with Gasteiger partial charge in [-0.25, -0.2) is 0 Å². The quantitative estimate of drug-likeness (QED) is 0.373. The van der Waals surface area contributed by atoms with E-state index in [9.17, 15) is 9.59 Å². The molecule has 0 aliphatic carbocycles. The zero-order valence-corrected chi connectivity index (χ0v) is 18.1. The molecule has 1 aliphatic heterocycles. The standard InChI is InChI=1S/C25H18BrNO3/c1-14-3-10-18(11-4-14)27-22(16-6-8-17(26)9-7-16)21-23(28)19-13-15(2)5-12-20(19)30-24(21)25(27)29/h3-13,22H,1-2H3. The van der Waals surface area contributed by atoms with Gasteiger partial charge < -0.3 is 4.42 Å². The zero-order valence-electron chi connectivity index (χ0n) is 16.5. The van der Waals surface area contributed by atoms with Crippen molar-refractivity contribution < 1.29 is 9.21 Å². The Labute approximate surface area is 181 Å². The summed E-state index contributed by atoms with van der Waals surface area (Å²) >= 11 is 3.46. The fourth-order valence-electron chi connectivity index (χ4n) is 4.02. The molecule has 4 aromatic rings. The van der Waals surface area contributed by atoms with Crippen molar-refractivity contribution in [1.29, 1.82) is 0 Å². The highest BCUT2D eigenvalue weighted by molar-refractivity contribution is 9.10. The minimum atomic E-state index is -0.551. The number of carbonyl (C=O) groups excluding carboxylic acids is 1. The van der Waals surface area contributed by atoms with Crippen LogP contribution in [0.4, 0.5) is 5.69 Å². The number of benzene rings is 3. The highest BCUT2D eigenvalue weighted by Gasteiger charge is 2.43. The van der Waals surface area contributed by atoms with Crippen molar-refractivity contribution in [2.45, 2.75) is 19.9 Å². The van der Waals surface area contributed by atoms with E-state index < -0.39 is 6.04 Å². The Hall–Kier alpha value is -3.18. The van der Waals surface area contributed by atoms with Gasteiger partial charge in [-0.05, 0) is 55.8 Å². The van der Waals surface area contributed by atoms with Crippen LogP contribution in [0.15, 0.2) is 80.4 Å². The second-order valence-electron chi connectivity index (χ2n) is 7.64. The molecule has 30 heavy (non-hydrogen) atoms. The van der Waals surface area contributed by atoms with Crippen LogP contribution in [0.25, 0.3) is 11.0 Å². The third-order valence-electron chi connectivity index (χ3n) is 5.52. The number of aryl methyl sites for hydroxylation is 2. The van der Waals surface area contributed by atoms with E-state index in [4.69, 9.17) is 4.42 Å². The van der Waals surface area contributed by atoms with E-state index in [2.05, 4.69) is 15.9 Å². The summed E-state index contributed by atoms with van der Waals surface area (Å²) in [5.41, 5.74) is 4.30. The second kappa shape index (κ2) is 6.96. The van der Waals surface area contributed by atoms with Gasteiger partial charge in [0.15, 0.2) is 5.43 Å². The van der Waals surface area contributed by atoms with E-state index in [1.165, 1.54) is 0 Å². The molecular weight excluding hydrogens is 442 g/mol. The topological polar surface area (TPSA) is 50.5 Å². The van der Waals surface area contributed by atoms with Crippen LogP contribution in [0.1, 0.15) is 38.9 Å². The molecule has 2 heterocycles. The summed E-state index contributed by atoms with van der Waals surface area (Å²) in [6.07, 6.45) is 0. The van der Waals surface area contributed by atoms with Gasteiger partial charge in [0, 0.05) is 10.2 Å². The van der Waals surface area contributed by atoms with Crippen molar-refractivity contribution in [2.75, 3.05) is 4.90 Å². The lowest BCUT2D eigenvalue weighted by Gasteiger charge is -2.25. The van der Waals surface area contributed by atoms with Crippen molar-refractivity contribution in [3.05, 3.63) is 109 Å². The van der Waals surface area contributed by atoms with E-state index >= 15 is 0 Å². The number of anilines is 1. The van der Waals surface area contributed by atoms with Gasteiger partial charge in [-0.1, -0.05) is 57.4 Å². The molecule has 0 fully saturated rings. The molecule has 5 rings (SSSR count). The highest BCUT2D eigenvalue weighted by atomic mass is 79.9. The van der Waals surface area contributed by atoms with Crippen LogP contribution in [0.2, 0.25) is 0 Å². The van der Waals surface area contributed by atoms with Gasteiger partial charge in [-0.3, -0.25) is 14.5 Å². The maximum atomic E-state index is 13.6. The van der Waals surface area contributed by atoms with Gasteiger partial charge in [0.25, 0.3) is 5.91 Å². The number of rotatable bonds is 2. The van der Waals surface area contributed by atoms with Crippen LogP contribution < -0.4 is 10.3 Å². The van der Waals surface area contributed by atoms with Crippen molar-refractivity contribution in [3.8, 4) is 0 Å². The lowest BCUT2D eigenvalue weighted by atomic mass is 9.98. The van der Waals surface area contributed by atoms with Crippen LogP contribution >= 0.6 is 15.9 Å². The van der Waals surface area contributed by atoms with Crippen molar-refractivity contribution in [2.24, 2.45) is 0 Å². The molecule has 0 spiro atoms. The summed E-state index contributed by atoms with van der Waals surface area (Å²) in [5, 5.41) is 0.495. The average Bonchev–Trinajstić information content (AvgIpc) is 3.03. The van der Waals surface area contributed by atoms with Gasteiger partial charge >= 0.3 is 0 Å². The number of fused-ring (bicyclic) bond motifs is 2. The van der Waals surface area contributed by atoms with Crippen LogP contribution in [0.5, 0.6) is 0 Å². The Morgan fingerprint density at radius 1 is 0.867 bits per heavy atom. The molecule has 0 saturated heterocycles. The maximum Gasteiger partial charge on any atom is 0.295 e. The Bertz CT molecular complexity index is 1350. The van der Waals surface area contributed by atoms with Gasteiger partial charge in [0.05, 0.1) is 17.0 Å². The number of hydrogen-bond donors (Lipinski definition) is 0. The summed E-state index contributed by atoms with van der Waals surface area (Å²) in [4.78, 5) is 28.7. The lowest BCUT2D eigenvalue weighted by molar-refractivity contribution is 0.0971. The van der Waals surface area contributed by atoms with E-state index in [1.54, 1.807) is 11.0 Å². The van der Waals surface area contributed by atoms with E-state index in [-0.39, 0.29) is 17.1 Å². The third kappa shape index (κ3) is 2.89. The van der Waals surface area contributed by atoms with E-state index in [0.29, 0.717) is 16.5 Å². The van der Waals surface area contributed by atoms with Crippen molar-refractivity contribution in [3.63, 3.8) is 0 Å². The Morgan fingerprint density at radius 3 is 2.23 bits per heavy atom. The molecule has 0 N–H and O–H groups in total. The molecular formula is C25H18BrNO3. The number of amides is 1. The molecule has 1 atom stereocenters. The Kier molecular flexibility index (Phi) is 4.36. The van der Waals surface area contributed by atoms with Crippen molar-refractivity contribution in [1.82, 2.24) is 0 Å². The largest absolute Gasteiger partial charge is 0.450 e. The second-order valence-corrected chi connectivity index (χ2v) is 8.55. The molecule has 0 saturated carbocycles. The molecule has 148 valence electrons. The van der Waals surface area contributed by atoms with Crippen LogP contribution in [0.3, 0.4) is 0 Å². The molecule has 4 nitrogen and oxygen atoms in total.